The van der Waals surface area contributed by atoms with E-state index in [0.717, 1.165) is 29.7 Å². The Morgan fingerprint density at radius 2 is 1.58 bits per heavy atom. The number of benzene rings is 2. The highest BCUT2D eigenvalue weighted by atomic mass is 79.9. The van der Waals surface area contributed by atoms with E-state index < -0.39 is 10.0 Å². The van der Waals surface area contributed by atoms with Gasteiger partial charge in [-0.2, -0.15) is 4.31 Å². The summed E-state index contributed by atoms with van der Waals surface area (Å²) in [6.45, 7) is 3.79. The van der Waals surface area contributed by atoms with Crippen molar-refractivity contribution in [2.24, 2.45) is 0 Å². The third-order valence-corrected chi connectivity index (χ3v) is 7.04. The Kier molecular flexibility index (Phi) is 5.71. The third-order valence-electron chi connectivity index (χ3n) is 4.41. The molecule has 1 aliphatic rings. The molecule has 0 bridgehead atoms. The van der Waals surface area contributed by atoms with Crippen molar-refractivity contribution in [1.82, 2.24) is 4.31 Å². The van der Waals surface area contributed by atoms with Crippen molar-refractivity contribution < 1.29 is 13.3 Å². The third kappa shape index (κ3) is 4.45. The molecule has 0 amide bonds. The molecular weight excluding hydrogens is 388 g/mol. The number of sulfonamides is 1. The first-order valence-electron chi connectivity index (χ1n) is 8.13. The molecule has 0 radical (unpaired) electrons. The molecule has 0 aliphatic carbocycles. The lowest BCUT2D eigenvalue weighted by Gasteiger charge is -2.31. The van der Waals surface area contributed by atoms with Gasteiger partial charge in [0.05, 0.1) is 31.9 Å². The van der Waals surface area contributed by atoms with Gasteiger partial charge in [-0.25, -0.2) is 8.42 Å². The van der Waals surface area contributed by atoms with Crippen molar-refractivity contribution in [3.63, 3.8) is 0 Å². The van der Waals surface area contributed by atoms with E-state index in [0.29, 0.717) is 13.1 Å². The van der Waals surface area contributed by atoms with Gasteiger partial charge in [0, 0.05) is 10.0 Å². The van der Waals surface area contributed by atoms with Crippen molar-refractivity contribution >= 4 is 26.0 Å². The van der Waals surface area contributed by atoms with Crippen molar-refractivity contribution in [3.8, 4) is 0 Å². The molecule has 0 atom stereocenters. The standard InChI is InChI=1S/C18H21BrN2O2S/c19-18-9-5-4-8-17(18)14-20-10-12-21(13-11-20)24(22,23)15-16-6-2-1-3-7-16/h1-9H,10-15H2/p+1. The zero-order valence-electron chi connectivity index (χ0n) is 13.5. The topological polar surface area (TPSA) is 41.8 Å². The molecule has 4 nitrogen and oxygen atoms in total. The molecular formula is C18H22BrN2O2S+. The summed E-state index contributed by atoms with van der Waals surface area (Å²) < 4.78 is 27.9. The monoisotopic (exact) mass is 409 g/mol. The maximum atomic E-state index is 12.6. The molecule has 24 heavy (non-hydrogen) atoms. The smallest absolute Gasteiger partial charge is 0.218 e. The van der Waals surface area contributed by atoms with Gasteiger partial charge >= 0.3 is 0 Å². The fourth-order valence-corrected chi connectivity index (χ4v) is 5.00. The molecule has 0 unspecified atom stereocenters. The van der Waals surface area contributed by atoms with Crippen LogP contribution >= 0.6 is 15.9 Å². The van der Waals surface area contributed by atoms with E-state index in [2.05, 4.69) is 28.1 Å². The summed E-state index contributed by atoms with van der Waals surface area (Å²) >= 11 is 3.58. The van der Waals surface area contributed by atoms with Gasteiger partial charge < -0.3 is 4.90 Å². The second-order valence-electron chi connectivity index (χ2n) is 6.16. The molecule has 6 heteroatoms. The molecule has 1 fully saturated rings. The Morgan fingerprint density at radius 3 is 2.25 bits per heavy atom. The molecule has 2 aromatic carbocycles. The van der Waals surface area contributed by atoms with Gasteiger partial charge in [0.25, 0.3) is 0 Å². The Hall–Kier alpha value is -1.21. The van der Waals surface area contributed by atoms with Gasteiger partial charge in [-0.3, -0.25) is 0 Å². The van der Waals surface area contributed by atoms with E-state index in [-0.39, 0.29) is 5.75 Å². The van der Waals surface area contributed by atoms with Crippen molar-refractivity contribution in [2.75, 3.05) is 26.2 Å². The van der Waals surface area contributed by atoms with E-state index in [1.165, 1.54) is 10.5 Å². The number of quaternary nitrogens is 1. The summed E-state index contributed by atoms with van der Waals surface area (Å²) in [6, 6.07) is 17.6. The highest BCUT2D eigenvalue weighted by molar-refractivity contribution is 9.10. The minimum atomic E-state index is -3.23. The highest BCUT2D eigenvalue weighted by Gasteiger charge is 2.29. The number of piperazine rings is 1. The maximum absolute atomic E-state index is 12.6. The summed E-state index contributed by atoms with van der Waals surface area (Å²) in [6.07, 6.45) is 0. The van der Waals surface area contributed by atoms with Crippen LogP contribution in [0.2, 0.25) is 0 Å². The first-order valence-corrected chi connectivity index (χ1v) is 10.5. The van der Waals surface area contributed by atoms with Crippen molar-refractivity contribution in [1.29, 1.82) is 0 Å². The van der Waals surface area contributed by atoms with Crippen LogP contribution in [0.1, 0.15) is 11.1 Å². The largest absolute Gasteiger partial charge is 0.329 e. The number of hydrogen-bond acceptors (Lipinski definition) is 2. The fraction of sp³-hybridized carbons (Fsp3) is 0.333. The molecule has 0 saturated carbocycles. The summed E-state index contributed by atoms with van der Waals surface area (Å²) in [4.78, 5) is 1.42. The van der Waals surface area contributed by atoms with Gasteiger partial charge in [-0.1, -0.05) is 64.5 Å². The summed E-state index contributed by atoms with van der Waals surface area (Å²) in [7, 11) is -3.23. The number of halogens is 1. The molecule has 1 N–H and O–H groups in total. The van der Waals surface area contributed by atoms with E-state index in [4.69, 9.17) is 0 Å². The first kappa shape index (κ1) is 17.6. The summed E-state index contributed by atoms with van der Waals surface area (Å²) in [5.41, 5.74) is 2.12. The molecule has 3 rings (SSSR count). The lowest BCUT2D eigenvalue weighted by Crippen LogP contribution is -3.13. The highest BCUT2D eigenvalue weighted by Crippen LogP contribution is 2.15. The number of nitrogens with zero attached hydrogens (tertiary/aromatic N) is 1. The van der Waals surface area contributed by atoms with Gasteiger partial charge in [0.2, 0.25) is 10.0 Å². The van der Waals surface area contributed by atoms with Crippen LogP contribution in [0, 0.1) is 0 Å². The SMILES string of the molecule is O=S(=O)(Cc1ccccc1)N1CC[NH+](Cc2ccccc2Br)CC1. The van der Waals surface area contributed by atoms with E-state index in [1.54, 1.807) is 4.31 Å². The average Bonchev–Trinajstić information content (AvgIpc) is 2.58. The summed E-state index contributed by atoms with van der Waals surface area (Å²) in [5, 5.41) is 0. The van der Waals surface area contributed by atoms with Crippen LogP contribution in [0.4, 0.5) is 0 Å². The van der Waals surface area contributed by atoms with Gasteiger partial charge in [-0.05, 0) is 11.6 Å². The molecule has 1 aliphatic heterocycles. The fourth-order valence-electron chi connectivity index (χ4n) is 3.04. The van der Waals surface area contributed by atoms with Crippen molar-refractivity contribution in [3.05, 3.63) is 70.2 Å². The maximum Gasteiger partial charge on any atom is 0.218 e. The second kappa shape index (κ2) is 7.78. The van der Waals surface area contributed by atoms with Crippen LogP contribution in [0.15, 0.2) is 59.1 Å². The predicted octanol–water partition coefficient (Wildman–Crippen LogP) is 1.68. The summed E-state index contributed by atoms with van der Waals surface area (Å²) in [5.74, 6) is 0.0907. The van der Waals surface area contributed by atoms with Crippen LogP contribution < -0.4 is 4.90 Å². The van der Waals surface area contributed by atoms with Gasteiger partial charge in [0.1, 0.15) is 6.54 Å². The zero-order valence-corrected chi connectivity index (χ0v) is 15.9. The van der Waals surface area contributed by atoms with Gasteiger partial charge in [0.15, 0.2) is 0 Å². The van der Waals surface area contributed by atoms with E-state index >= 15 is 0 Å². The molecule has 1 saturated heterocycles. The van der Waals surface area contributed by atoms with Gasteiger partial charge in [-0.15, -0.1) is 0 Å². The molecule has 2 aromatic rings. The van der Waals surface area contributed by atoms with Crippen LogP contribution in [-0.4, -0.2) is 38.9 Å². The van der Waals surface area contributed by atoms with E-state index in [9.17, 15) is 8.42 Å². The van der Waals surface area contributed by atoms with Crippen LogP contribution in [0.25, 0.3) is 0 Å². The second-order valence-corrected chi connectivity index (χ2v) is 8.98. The Labute approximate surface area is 152 Å². The average molecular weight is 410 g/mol. The van der Waals surface area contributed by atoms with E-state index in [1.807, 2.05) is 42.5 Å². The lowest BCUT2D eigenvalue weighted by molar-refractivity contribution is -0.917. The van der Waals surface area contributed by atoms with Crippen LogP contribution in [0.3, 0.4) is 0 Å². The molecule has 0 spiro atoms. The zero-order chi connectivity index (χ0) is 17.0. The van der Waals surface area contributed by atoms with Crippen LogP contribution in [0.5, 0.6) is 0 Å². The minimum Gasteiger partial charge on any atom is -0.329 e. The molecule has 128 valence electrons. The predicted molar refractivity (Wildman–Crippen MR) is 99.2 cm³/mol. The van der Waals surface area contributed by atoms with Crippen molar-refractivity contribution in [2.45, 2.75) is 12.3 Å². The number of rotatable bonds is 5. The Bertz CT molecular complexity index is 773. The Balaban J connectivity index is 1.57. The lowest BCUT2D eigenvalue weighted by atomic mass is 10.2. The van der Waals surface area contributed by atoms with Crippen LogP contribution in [-0.2, 0) is 22.3 Å². The first-order chi connectivity index (χ1) is 11.5. The normalized spacial score (nSPS) is 17.0. The quantitative estimate of drug-likeness (QED) is 0.815. The molecule has 0 aromatic heterocycles. The molecule has 1 heterocycles. The Morgan fingerprint density at radius 1 is 0.958 bits per heavy atom. The number of hydrogen-bond donors (Lipinski definition) is 1. The number of nitrogens with one attached hydrogen (secondary N) is 1. The minimum absolute atomic E-state index is 0.0907.